The van der Waals surface area contributed by atoms with E-state index < -0.39 is 0 Å². The number of ether oxygens (including phenoxy) is 1. The van der Waals surface area contributed by atoms with Gasteiger partial charge in [0.1, 0.15) is 5.75 Å². The molecule has 0 aromatic heterocycles. The lowest BCUT2D eigenvalue weighted by Crippen LogP contribution is -2.43. The molecular formula is C17H25BrN2O2. The summed E-state index contributed by atoms with van der Waals surface area (Å²) in [6, 6.07) is 8.23. The summed E-state index contributed by atoms with van der Waals surface area (Å²) in [5, 5.41) is 3.33. The highest BCUT2D eigenvalue weighted by atomic mass is 79.9. The van der Waals surface area contributed by atoms with E-state index in [1.165, 1.54) is 0 Å². The van der Waals surface area contributed by atoms with Gasteiger partial charge in [-0.2, -0.15) is 0 Å². The maximum absolute atomic E-state index is 12.2. The van der Waals surface area contributed by atoms with Crippen LogP contribution >= 0.6 is 15.9 Å². The number of carbonyl (C=O) groups is 1. The second kappa shape index (κ2) is 9.16. The van der Waals surface area contributed by atoms with Crippen LogP contribution in [0.25, 0.3) is 0 Å². The lowest BCUT2D eigenvalue weighted by Gasteiger charge is -2.31. The first-order valence-corrected chi connectivity index (χ1v) is 8.81. The standard InChI is InChI=1S/C17H25BrN2O2/c1-20(15-9-11-19-12-10-15)17(21)4-2-3-13-22-16-7-5-14(18)6-8-16/h5-8,15,19H,2-4,9-13H2,1H3. The van der Waals surface area contributed by atoms with Crippen LogP contribution in [0.4, 0.5) is 0 Å². The van der Waals surface area contributed by atoms with Crippen molar-refractivity contribution in [3.05, 3.63) is 28.7 Å². The van der Waals surface area contributed by atoms with Crippen LogP contribution in [-0.2, 0) is 4.79 Å². The van der Waals surface area contributed by atoms with Crippen molar-refractivity contribution >= 4 is 21.8 Å². The second-order valence-corrected chi connectivity index (χ2v) is 6.66. The van der Waals surface area contributed by atoms with Crippen LogP contribution in [0.5, 0.6) is 5.75 Å². The Labute approximate surface area is 141 Å². The molecule has 1 fully saturated rings. The summed E-state index contributed by atoms with van der Waals surface area (Å²) in [5.41, 5.74) is 0. The van der Waals surface area contributed by atoms with Gasteiger partial charge in [-0.25, -0.2) is 0 Å². The number of hydrogen-bond acceptors (Lipinski definition) is 3. The van der Waals surface area contributed by atoms with Crippen LogP contribution in [0.2, 0.25) is 0 Å². The van der Waals surface area contributed by atoms with Gasteiger partial charge < -0.3 is 15.0 Å². The average Bonchev–Trinajstić information content (AvgIpc) is 2.56. The molecule has 1 aliphatic rings. The lowest BCUT2D eigenvalue weighted by atomic mass is 10.0. The minimum absolute atomic E-state index is 0.260. The van der Waals surface area contributed by atoms with Crippen molar-refractivity contribution in [2.75, 3.05) is 26.7 Å². The quantitative estimate of drug-likeness (QED) is 0.751. The van der Waals surface area contributed by atoms with Gasteiger partial charge in [-0.1, -0.05) is 15.9 Å². The Hall–Kier alpha value is -1.07. The van der Waals surface area contributed by atoms with Crippen LogP contribution in [0, 0.1) is 0 Å². The summed E-state index contributed by atoms with van der Waals surface area (Å²) in [6.45, 7) is 2.69. The van der Waals surface area contributed by atoms with Crippen LogP contribution in [0.1, 0.15) is 32.1 Å². The molecule has 22 heavy (non-hydrogen) atoms. The SMILES string of the molecule is CN(C(=O)CCCCOc1ccc(Br)cc1)C1CCNCC1. The molecule has 1 N–H and O–H groups in total. The maximum atomic E-state index is 12.2. The Balaban J connectivity index is 1.59. The van der Waals surface area contributed by atoms with Crippen LogP contribution in [0.15, 0.2) is 28.7 Å². The van der Waals surface area contributed by atoms with Crippen molar-refractivity contribution < 1.29 is 9.53 Å². The van der Waals surface area contributed by atoms with Gasteiger partial charge >= 0.3 is 0 Å². The van der Waals surface area contributed by atoms with Crippen molar-refractivity contribution in [1.29, 1.82) is 0 Å². The fraction of sp³-hybridized carbons (Fsp3) is 0.588. The molecule has 0 bridgehead atoms. The molecule has 2 rings (SSSR count). The third-order valence-corrected chi connectivity index (χ3v) is 4.65. The molecule has 0 radical (unpaired) electrons. The highest BCUT2D eigenvalue weighted by Crippen LogP contribution is 2.17. The first-order valence-electron chi connectivity index (χ1n) is 8.01. The molecule has 1 amide bonds. The molecule has 1 aromatic rings. The number of benzene rings is 1. The first kappa shape index (κ1) is 17.3. The number of unbranched alkanes of at least 4 members (excludes halogenated alkanes) is 1. The number of carbonyl (C=O) groups excluding carboxylic acids is 1. The maximum Gasteiger partial charge on any atom is 0.222 e. The number of nitrogens with zero attached hydrogens (tertiary/aromatic N) is 1. The minimum Gasteiger partial charge on any atom is -0.494 e. The summed E-state index contributed by atoms with van der Waals surface area (Å²) in [5.74, 6) is 1.14. The van der Waals surface area contributed by atoms with E-state index in [2.05, 4.69) is 21.2 Å². The van der Waals surface area contributed by atoms with Crippen LogP contribution < -0.4 is 10.1 Å². The molecule has 0 aliphatic carbocycles. The number of piperidine rings is 1. The molecule has 1 heterocycles. The Morgan fingerprint density at radius 3 is 2.64 bits per heavy atom. The number of hydrogen-bond donors (Lipinski definition) is 1. The van der Waals surface area contributed by atoms with Crippen molar-refractivity contribution in [2.24, 2.45) is 0 Å². The fourth-order valence-corrected chi connectivity index (χ4v) is 2.94. The summed E-state index contributed by atoms with van der Waals surface area (Å²) >= 11 is 3.40. The Morgan fingerprint density at radius 2 is 1.95 bits per heavy atom. The van der Waals surface area contributed by atoms with E-state index in [4.69, 9.17) is 4.74 Å². The van der Waals surface area contributed by atoms with E-state index in [1.54, 1.807) is 0 Å². The zero-order valence-corrected chi connectivity index (χ0v) is 14.8. The normalized spacial score (nSPS) is 15.5. The topological polar surface area (TPSA) is 41.6 Å². The molecule has 0 spiro atoms. The van der Waals surface area contributed by atoms with Gasteiger partial charge in [-0.05, 0) is 63.0 Å². The average molecular weight is 369 g/mol. The second-order valence-electron chi connectivity index (χ2n) is 5.75. The first-order chi connectivity index (χ1) is 10.7. The lowest BCUT2D eigenvalue weighted by molar-refractivity contribution is -0.132. The Morgan fingerprint density at radius 1 is 1.27 bits per heavy atom. The van der Waals surface area contributed by atoms with E-state index in [0.717, 1.165) is 49.0 Å². The van der Waals surface area contributed by atoms with Gasteiger partial charge in [0.05, 0.1) is 6.61 Å². The van der Waals surface area contributed by atoms with E-state index in [1.807, 2.05) is 36.2 Å². The third-order valence-electron chi connectivity index (χ3n) is 4.12. The van der Waals surface area contributed by atoms with E-state index in [9.17, 15) is 4.79 Å². The highest BCUT2D eigenvalue weighted by molar-refractivity contribution is 9.10. The fourth-order valence-electron chi connectivity index (χ4n) is 2.67. The van der Waals surface area contributed by atoms with E-state index in [-0.39, 0.29) is 5.91 Å². The van der Waals surface area contributed by atoms with Gasteiger partial charge in [0, 0.05) is 24.0 Å². The van der Waals surface area contributed by atoms with Crippen molar-refractivity contribution in [3.63, 3.8) is 0 Å². The Kier molecular flexibility index (Phi) is 7.19. The van der Waals surface area contributed by atoms with Gasteiger partial charge in [-0.15, -0.1) is 0 Å². The van der Waals surface area contributed by atoms with Gasteiger partial charge in [-0.3, -0.25) is 4.79 Å². The van der Waals surface area contributed by atoms with Crippen molar-refractivity contribution in [2.45, 2.75) is 38.1 Å². The molecule has 0 saturated carbocycles. The van der Waals surface area contributed by atoms with E-state index in [0.29, 0.717) is 19.1 Å². The molecule has 0 unspecified atom stereocenters. The molecule has 1 aliphatic heterocycles. The summed E-state index contributed by atoms with van der Waals surface area (Å²) in [4.78, 5) is 14.1. The minimum atomic E-state index is 0.260. The van der Waals surface area contributed by atoms with Gasteiger partial charge in [0.2, 0.25) is 5.91 Å². The Bertz CT molecular complexity index is 458. The molecule has 1 saturated heterocycles. The number of amides is 1. The zero-order chi connectivity index (χ0) is 15.8. The van der Waals surface area contributed by atoms with Crippen LogP contribution in [0.3, 0.4) is 0 Å². The summed E-state index contributed by atoms with van der Waals surface area (Å²) < 4.78 is 6.71. The number of rotatable bonds is 7. The number of halogens is 1. The summed E-state index contributed by atoms with van der Waals surface area (Å²) in [7, 11) is 1.94. The molecule has 0 atom stereocenters. The van der Waals surface area contributed by atoms with Gasteiger partial charge in [0.25, 0.3) is 0 Å². The predicted molar refractivity (Wildman–Crippen MR) is 92.1 cm³/mol. The van der Waals surface area contributed by atoms with Gasteiger partial charge in [0.15, 0.2) is 0 Å². The molecule has 122 valence electrons. The van der Waals surface area contributed by atoms with Crippen LogP contribution in [-0.4, -0.2) is 43.6 Å². The summed E-state index contributed by atoms with van der Waals surface area (Å²) in [6.07, 6.45) is 4.53. The zero-order valence-electron chi connectivity index (χ0n) is 13.2. The molecule has 4 nitrogen and oxygen atoms in total. The predicted octanol–water partition coefficient (Wildman–Crippen LogP) is 3.21. The third kappa shape index (κ3) is 5.61. The highest BCUT2D eigenvalue weighted by Gasteiger charge is 2.21. The molecular weight excluding hydrogens is 344 g/mol. The number of nitrogens with one attached hydrogen (secondary N) is 1. The van der Waals surface area contributed by atoms with Crippen molar-refractivity contribution in [1.82, 2.24) is 10.2 Å². The molecule has 1 aromatic carbocycles. The van der Waals surface area contributed by atoms with E-state index >= 15 is 0 Å². The monoisotopic (exact) mass is 368 g/mol. The van der Waals surface area contributed by atoms with Crippen molar-refractivity contribution in [3.8, 4) is 5.75 Å². The molecule has 5 heteroatoms. The smallest absolute Gasteiger partial charge is 0.222 e. The largest absolute Gasteiger partial charge is 0.494 e.